The molecule has 0 bridgehead atoms. The standard InChI is InChI=1S/C4H10O2.Co/c1-3-6-4(2)5;/h4-5H,3H2,1-2H3;. The first-order chi connectivity index (χ1) is 2.77. The van der Waals surface area contributed by atoms with Gasteiger partial charge in [-0.3, -0.25) is 0 Å². The van der Waals surface area contributed by atoms with E-state index in [4.69, 9.17) is 5.11 Å². The van der Waals surface area contributed by atoms with E-state index in [1.807, 2.05) is 6.92 Å². The Morgan fingerprint density at radius 2 is 2.14 bits per heavy atom. The summed E-state index contributed by atoms with van der Waals surface area (Å²) in [4.78, 5) is 0. The summed E-state index contributed by atoms with van der Waals surface area (Å²) < 4.78 is 4.60. The predicted octanol–water partition coefficient (Wildman–Crippen LogP) is 0.359. The molecule has 0 saturated carbocycles. The average molecular weight is 149 g/mol. The number of hydrogen-bond donors (Lipinski definition) is 1. The van der Waals surface area contributed by atoms with Crippen molar-refractivity contribution < 1.29 is 26.6 Å². The van der Waals surface area contributed by atoms with Crippen LogP contribution < -0.4 is 0 Å². The van der Waals surface area contributed by atoms with Crippen LogP contribution in [-0.4, -0.2) is 18.0 Å². The van der Waals surface area contributed by atoms with Gasteiger partial charge in [-0.05, 0) is 13.8 Å². The third-order valence-electron chi connectivity index (χ3n) is 0.408. The molecule has 0 spiro atoms. The van der Waals surface area contributed by atoms with Gasteiger partial charge in [0.25, 0.3) is 0 Å². The Kier molecular flexibility index (Phi) is 9.56. The van der Waals surface area contributed by atoms with Crippen molar-refractivity contribution in [3.05, 3.63) is 0 Å². The van der Waals surface area contributed by atoms with E-state index in [1.54, 1.807) is 6.92 Å². The summed E-state index contributed by atoms with van der Waals surface area (Å²) in [6, 6.07) is 0. The van der Waals surface area contributed by atoms with Crippen LogP contribution in [0.5, 0.6) is 0 Å². The molecular formula is C4H10CoO2. The van der Waals surface area contributed by atoms with Crippen LogP contribution in [0, 0.1) is 0 Å². The zero-order valence-electron chi connectivity index (χ0n) is 4.47. The van der Waals surface area contributed by atoms with E-state index in [1.165, 1.54) is 0 Å². The summed E-state index contributed by atoms with van der Waals surface area (Å²) in [6.45, 7) is 4.01. The van der Waals surface area contributed by atoms with E-state index in [0.29, 0.717) is 6.61 Å². The molecule has 0 aliphatic rings. The van der Waals surface area contributed by atoms with Crippen LogP contribution in [0.4, 0.5) is 0 Å². The topological polar surface area (TPSA) is 29.5 Å². The molecule has 0 heterocycles. The fraction of sp³-hybridized carbons (Fsp3) is 1.00. The van der Waals surface area contributed by atoms with E-state index in [2.05, 4.69) is 4.74 Å². The van der Waals surface area contributed by atoms with E-state index in [9.17, 15) is 0 Å². The predicted molar refractivity (Wildman–Crippen MR) is 23.3 cm³/mol. The molecule has 2 nitrogen and oxygen atoms in total. The normalized spacial score (nSPS) is 12.4. The fourth-order valence-electron chi connectivity index (χ4n) is 0.241. The van der Waals surface area contributed by atoms with Gasteiger partial charge in [-0.25, -0.2) is 0 Å². The Labute approximate surface area is 54.1 Å². The summed E-state index contributed by atoms with van der Waals surface area (Å²) >= 11 is 0. The van der Waals surface area contributed by atoms with Crippen molar-refractivity contribution in [3.63, 3.8) is 0 Å². The first kappa shape index (κ1) is 10.4. The molecule has 7 heavy (non-hydrogen) atoms. The largest absolute Gasteiger partial charge is 0.368 e. The summed E-state index contributed by atoms with van der Waals surface area (Å²) in [6.07, 6.45) is -0.602. The van der Waals surface area contributed by atoms with Gasteiger partial charge in [0.1, 0.15) is 0 Å². The number of aliphatic hydroxyl groups is 1. The maximum absolute atomic E-state index is 8.33. The quantitative estimate of drug-likeness (QED) is 0.574. The van der Waals surface area contributed by atoms with Crippen LogP contribution in [0.2, 0.25) is 0 Å². The van der Waals surface area contributed by atoms with Crippen LogP contribution in [0.1, 0.15) is 13.8 Å². The Hall–Kier alpha value is 0.426. The molecule has 0 aromatic heterocycles. The Morgan fingerprint density at radius 3 is 2.14 bits per heavy atom. The Bertz CT molecular complexity index is 30.9. The molecule has 0 aromatic rings. The minimum Gasteiger partial charge on any atom is -0.368 e. The third kappa shape index (κ3) is 10.7. The van der Waals surface area contributed by atoms with Gasteiger partial charge >= 0.3 is 0 Å². The van der Waals surface area contributed by atoms with Gasteiger partial charge in [-0.2, -0.15) is 0 Å². The summed E-state index contributed by atoms with van der Waals surface area (Å²) in [5.41, 5.74) is 0. The van der Waals surface area contributed by atoms with Crippen LogP contribution in [0.25, 0.3) is 0 Å². The van der Waals surface area contributed by atoms with Gasteiger partial charge in [0.15, 0.2) is 6.29 Å². The fourth-order valence-corrected chi connectivity index (χ4v) is 0.241. The third-order valence-corrected chi connectivity index (χ3v) is 0.408. The van der Waals surface area contributed by atoms with Gasteiger partial charge in [0.2, 0.25) is 0 Å². The SMILES string of the molecule is CCOC(C)O.[Co]. The molecule has 1 unspecified atom stereocenters. The van der Waals surface area contributed by atoms with E-state index in [0.717, 1.165) is 0 Å². The molecule has 0 aromatic carbocycles. The summed E-state index contributed by atoms with van der Waals surface area (Å²) in [5.74, 6) is 0. The van der Waals surface area contributed by atoms with Crippen molar-refractivity contribution in [2.24, 2.45) is 0 Å². The first-order valence-corrected chi connectivity index (χ1v) is 2.07. The molecule has 1 radical (unpaired) electrons. The van der Waals surface area contributed by atoms with Crippen molar-refractivity contribution in [1.29, 1.82) is 0 Å². The van der Waals surface area contributed by atoms with Crippen molar-refractivity contribution in [2.45, 2.75) is 20.1 Å². The maximum atomic E-state index is 8.33. The van der Waals surface area contributed by atoms with E-state index >= 15 is 0 Å². The Morgan fingerprint density at radius 1 is 1.71 bits per heavy atom. The summed E-state index contributed by atoms with van der Waals surface area (Å²) in [5, 5.41) is 8.33. The van der Waals surface area contributed by atoms with Crippen molar-refractivity contribution in [2.75, 3.05) is 6.61 Å². The second-order valence-electron chi connectivity index (χ2n) is 1.05. The molecule has 0 amide bonds. The van der Waals surface area contributed by atoms with E-state index in [-0.39, 0.29) is 16.8 Å². The smallest absolute Gasteiger partial charge is 0.151 e. The molecule has 0 fully saturated rings. The average Bonchev–Trinajstić information content (AvgIpc) is 1.35. The second-order valence-corrected chi connectivity index (χ2v) is 1.05. The molecule has 1 N–H and O–H groups in total. The number of rotatable bonds is 2. The minimum atomic E-state index is -0.602. The zero-order chi connectivity index (χ0) is 4.99. The van der Waals surface area contributed by atoms with Crippen molar-refractivity contribution in [3.8, 4) is 0 Å². The molecule has 47 valence electrons. The van der Waals surface area contributed by atoms with Gasteiger partial charge in [0, 0.05) is 23.4 Å². The van der Waals surface area contributed by atoms with Gasteiger partial charge in [0.05, 0.1) is 0 Å². The molecule has 0 aliphatic heterocycles. The molecule has 1 atom stereocenters. The summed E-state index contributed by atoms with van der Waals surface area (Å²) in [7, 11) is 0. The first-order valence-electron chi connectivity index (χ1n) is 2.07. The van der Waals surface area contributed by atoms with Crippen LogP contribution in [0.15, 0.2) is 0 Å². The molecule has 0 aliphatic carbocycles. The van der Waals surface area contributed by atoms with E-state index < -0.39 is 6.29 Å². The minimum absolute atomic E-state index is 0. The van der Waals surface area contributed by atoms with Gasteiger partial charge in [-0.15, -0.1) is 0 Å². The zero-order valence-corrected chi connectivity index (χ0v) is 5.51. The van der Waals surface area contributed by atoms with Crippen molar-refractivity contribution >= 4 is 0 Å². The monoisotopic (exact) mass is 149 g/mol. The number of hydrogen-bond acceptors (Lipinski definition) is 2. The second kappa shape index (κ2) is 6.43. The molecule has 0 saturated heterocycles. The van der Waals surface area contributed by atoms with Crippen LogP contribution in [-0.2, 0) is 21.5 Å². The van der Waals surface area contributed by atoms with Crippen LogP contribution in [0.3, 0.4) is 0 Å². The van der Waals surface area contributed by atoms with Crippen molar-refractivity contribution in [1.82, 2.24) is 0 Å². The molecular weight excluding hydrogens is 139 g/mol. The van der Waals surface area contributed by atoms with Gasteiger partial charge < -0.3 is 9.84 Å². The van der Waals surface area contributed by atoms with Gasteiger partial charge in [-0.1, -0.05) is 0 Å². The Balaban J connectivity index is 0. The number of aliphatic hydroxyl groups excluding tert-OH is 1. The van der Waals surface area contributed by atoms with Crippen LogP contribution >= 0.6 is 0 Å². The molecule has 3 heteroatoms. The molecule has 0 rings (SSSR count). The number of ether oxygens (including phenoxy) is 1. The maximum Gasteiger partial charge on any atom is 0.151 e.